The number of esters is 1. The number of rotatable bonds is 11. The van der Waals surface area contributed by atoms with Crippen LogP contribution in [-0.4, -0.2) is 44.2 Å². The topological polar surface area (TPSA) is 153 Å². The molecule has 1 fully saturated rings. The van der Waals surface area contributed by atoms with Gasteiger partial charge in [0.2, 0.25) is 0 Å². The first-order valence-corrected chi connectivity index (χ1v) is 15.4. The van der Waals surface area contributed by atoms with Crippen LogP contribution in [0.2, 0.25) is 0 Å². The Morgan fingerprint density at radius 3 is 2.72 bits per heavy atom. The molecule has 1 unspecified atom stereocenters. The Labute approximate surface area is 247 Å². The monoisotopic (exact) mass is 602 g/mol. The average Bonchev–Trinajstić information content (AvgIpc) is 3.67. The second kappa shape index (κ2) is 12.5. The molecule has 3 heterocycles. The van der Waals surface area contributed by atoms with E-state index < -0.39 is 25.9 Å². The highest BCUT2D eigenvalue weighted by atomic mass is 31.2. The van der Waals surface area contributed by atoms with E-state index in [2.05, 4.69) is 20.0 Å². The molecule has 0 amide bonds. The first-order valence-electron chi connectivity index (χ1n) is 13.9. The van der Waals surface area contributed by atoms with Crippen LogP contribution < -0.4 is 15.3 Å². The van der Waals surface area contributed by atoms with Crippen molar-refractivity contribution in [2.75, 3.05) is 12.3 Å². The predicted molar refractivity (Wildman–Crippen MR) is 160 cm³/mol. The summed E-state index contributed by atoms with van der Waals surface area (Å²) >= 11 is 0. The highest BCUT2D eigenvalue weighted by Crippen LogP contribution is 2.47. The van der Waals surface area contributed by atoms with Crippen molar-refractivity contribution < 1.29 is 27.9 Å². The maximum Gasteiger partial charge on any atom is 0.459 e. The zero-order valence-electron chi connectivity index (χ0n) is 23.4. The molecule has 3 N–H and O–H groups in total. The zero-order valence-corrected chi connectivity index (χ0v) is 24.3. The molecule has 1 aliphatic rings. The van der Waals surface area contributed by atoms with Gasteiger partial charge in [-0.25, -0.2) is 19.5 Å². The van der Waals surface area contributed by atoms with Gasteiger partial charge in [0, 0.05) is 5.39 Å². The highest BCUT2D eigenvalue weighted by Gasteiger charge is 2.36. The van der Waals surface area contributed by atoms with E-state index in [4.69, 9.17) is 24.3 Å². The molecule has 0 saturated carbocycles. The minimum absolute atomic E-state index is 0.0545. The van der Waals surface area contributed by atoms with Gasteiger partial charge in [-0.05, 0) is 36.8 Å². The summed E-state index contributed by atoms with van der Waals surface area (Å²) in [6, 6.07) is 21.3. The summed E-state index contributed by atoms with van der Waals surface area (Å²) in [5, 5.41) is 4.42. The number of nitrogens with one attached hydrogen (secondary N) is 1. The van der Waals surface area contributed by atoms with Crippen LogP contribution in [0.25, 0.3) is 21.9 Å². The number of anilines is 1. The van der Waals surface area contributed by atoms with E-state index in [1.165, 1.54) is 6.33 Å². The molecule has 5 aromatic rings. The van der Waals surface area contributed by atoms with E-state index in [0.717, 1.165) is 16.3 Å². The number of ether oxygens (including phenoxy) is 2. The van der Waals surface area contributed by atoms with Crippen molar-refractivity contribution >= 4 is 41.5 Å². The lowest BCUT2D eigenvalue weighted by Crippen LogP contribution is -2.35. The first-order chi connectivity index (χ1) is 20.9. The SMILES string of the molecule is C[C@H](NP(=O)(OC[C@@H]1CC[C@H](n2cnc3c(N)ncnc32)O1)Oc1cccc2ccccc12)C(=O)OCc1ccccc1. The minimum Gasteiger partial charge on any atom is -0.460 e. The summed E-state index contributed by atoms with van der Waals surface area (Å²) in [7, 11) is -4.12. The summed E-state index contributed by atoms with van der Waals surface area (Å²) in [4.78, 5) is 25.4. The number of hydrogen-bond acceptors (Lipinski definition) is 10. The fourth-order valence-corrected chi connectivity index (χ4v) is 6.45. The minimum atomic E-state index is -4.12. The van der Waals surface area contributed by atoms with Gasteiger partial charge >= 0.3 is 13.7 Å². The normalized spacial score (nSPS) is 18.8. The number of benzene rings is 3. The Morgan fingerprint density at radius 1 is 1.07 bits per heavy atom. The van der Waals surface area contributed by atoms with Gasteiger partial charge in [-0.2, -0.15) is 5.09 Å². The van der Waals surface area contributed by atoms with E-state index in [0.29, 0.717) is 29.8 Å². The molecule has 1 saturated heterocycles. The zero-order chi connectivity index (χ0) is 29.8. The van der Waals surface area contributed by atoms with Gasteiger partial charge in [-0.3, -0.25) is 13.9 Å². The summed E-state index contributed by atoms with van der Waals surface area (Å²) in [5.74, 6) is 0.0430. The number of aromatic nitrogens is 4. The smallest absolute Gasteiger partial charge is 0.459 e. The number of fused-ring (bicyclic) bond motifs is 2. The molecule has 0 aliphatic carbocycles. The molecular weight excluding hydrogens is 571 g/mol. The molecule has 4 atom stereocenters. The van der Waals surface area contributed by atoms with Crippen LogP contribution in [0.1, 0.15) is 31.6 Å². The van der Waals surface area contributed by atoms with Crippen LogP contribution in [-0.2, 0) is 30.0 Å². The van der Waals surface area contributed by atoms with Gasteiger partial charge in [0.25, 0.3) is 0 Å². The number of imidazole rings is 1. The average molecular weight is 603 g/mol. The van der Waals surface area contributed by atoms with Crippen LogP contribution in [0, 0.1) is 0 Å². The summed E-state index contributed by atoms with van der Waals surface area (Å²) < 4.78 is 39.7. The molecule has 222 valence electrons. The standard InChI is InChI=1S/C30H31N6O6P/c1-20(30(37)39-16-21-8-3-2-4-9-21)35-43(38,42-25-13-7-11-22-10-5-6-12-24(22)25)40-17-23-14-15-26(41-23)36-19-34-27-28(31)32-18-33-29(27)36/h2-13,18-20,23,26H,14-17H2,1H3,(H,35,38)(H2,31,32,33)/t20-,23-,26+,43?/m0/s1. The number of nitrogens with two attached hydrogens (primary N) is 1. The fraction of sp³-hybridized carbons (Fsp3) is 0.267. The first kappa shape index (κ1) is 28.8. The maximum absolute atomic E-state index is 14.2. The maximum atomic E-state index is 14.2. The second-order valence-electron chi connectivity index (χ2n) is 10.2. The van der Waals surface area contributed by atoms with Crippen molar-refractivity contribution in [1.29, 1.82) is 0 Å². The molecule has 6 rings (SSSR count). The summed E-state index contributed by atoms with van der Waals surface area (Å²) in [6.45, 7) is 1.58. The van der Waals surface area contributed by atoms with E-state index in [9.17, 15) is 9.36 Å². The molecule has 13 heteroatoms. The fourth-order valence-electron chi connectivity index (χ4n) is 4.91. The Balaban J connectivity index is 1.16. The van der Waals surface area contributed by atoms with Gasteiger partial charge < -0.3 is 19.7 Å². The van der Waals surface area contributed by atoms with Gasteiger partial charge in [-0.1, -0.05) is 66.7 Å². The summed E-state index contributed by atoms with van der Waals surface area (Å²) in [6.07, 6.45) is 3.48. The van der Waals surface area contributed by atoms with Crippen molar-refractivity contribution in [3.05, 3.63) is 91.0 Å². The van der Waals surface area contributed by atoms with Crippen LogP contribution in [0.3, 0.4) is 0 Å². The predicted octanol–water partition coefficient (Wildman–Crippen LogP) is 5.16. The third kappa shape index (κ3) is 6.52. The van der Waals surface area contributed by atoms with Gasteiger partial charge in [-0.15, -0.1) is 0 Å². The third-order valence-electron chi connectivity index (χ3n) is 7.11. The number of nitrogens with zero attached hydrogens (tertiary/aromatic N) is 4. The van der Waals surface area contributed by atoms with E-state index in [1.54, 1.807) is 30.0 Å². The highest BCUT2D eigenvalue weighted by molar-refractivity contribution is 7.52. The Bertz CT molecular complexity index is 1780. The number of carbonyl (C=O) groups is 1. The van der Waals surface area contributed by atoms with Crippen molar-refractivity contribution in [2.24, 2.45) is 0 Å². The van der Waals surface area contributed by atoms with Crippen LogP contribution in [0.5, 0.6) is 5.75 Å². The lowest BCUT2D eigenvalue weighted by molar-refractivity contribution is -0.146. The van der Waals surface area contributed by atoms with Crippen molar-refractivity contribution in [1.82, 2.24) is 24.6 Å². The van der Waals surface area contributed by atoms with Gasteiger partial charge in [0.15, 0.2) is 11.5 Å². The Morgan fingerprint density at radius 2 is 1.86 bits per heavy atom. The van der Waals surface area contributed by atoms with E-state index in [1.807, 2.05) is 60.7 Å². The number of carbonyl (C=O) groups excluding carboxylic acids is 1. The van der Waals surface area contributed by atoms with Gasteiger partial charge in [0.05, 0.1) is 19.0 Å². The second-order valence-corrected chi connectivity index (χ2v) is 11.9. The van der Waals surface area contributed by atoms with Crippen molar-refractivity contribution in [3.63, 3.8) is 0 Å². The molecule has 0 bridgehead atoms. The van der Waals surface area contributed by atoms with E-state index in [-0.39, 0.29) is 25.3 Å². The molecular formula is C30H31N6O6P. The molecule has 12 nitrogen and oxygen atoms in total. The van der Waals surface area contributed by atoms with Crippen LogP contribution >= 0.6 is 7.75 Å². The lowest BCUT2D eigenvalue weighted by atomic mass is 10.1. The van der Waals surface area contributed by atoms with Crippen LogP contribution in [0.15, 0.2) is 85.5 Å². The van der Waals surface area contributed by atoms with Gasteiger partial charge in [0.1, 0.15) is 36.5 Å². The quantitative estimate of drug-likeness (QED) is 0.152. The Kier molecular flexibility index (Phi) is 8.35. The lowest BCUT2D eigenvalue weighted by Gasteiger charge is -2.24. The van der Waals surface area contributed by atoms with Crippen molar-refractivity contribution in [3.8, 4) is 5.75 Å². The largest absolute Gasteiger partial charge is 0.460 e. The number of nitrogen functional groups attached to an aromatic ring is 1. The van der Waals surface area contributed by atoms with E-state index >= 15 is 0 Å². The third-order valence-corrected chi connectivity index (χ3v) is 8.74. The molecule has 0 radical (unpaired) electrons. The molecule has 0 spiro atoms. The molecule has 43 heavy (non-hydrogen) atoms. The van der Waals surface area contributed by atoms with Crippen molar-refractivity contribution in [2.45, 2.75) is 44.7 Å². The Hall–Kier alpha value is -4.35. The van der Waals surface area contributed by atoms with Crippen LogP contribution in [0.4, 0.5) is 5.82 Å². The molecule has 2 aromatic heterocycles. The summed E-state index contributed by atoms with van der Waals surface area (Å²) in [5.41, 5.74) is 7.82. The number of hydrogen-bond donors (Lipinski definition) is 2. The molecule has 1 aliphatic heterocycles. The molecule has 3 aromatic carbocycles.